The van der Waals surface area contributed by atoms with Crippen LogP contribution in [0, 0.1) is 0 Å². The average Bonchev–Trinajstić information content (AvgIpc) is 1.70. The quantitative estimate of drug-likeness (QED) is 0.502. The Balaban J connectivity index is -0.0000000257. The Morgan fingerprint density at radius 1 is 0.700 bits per heavy atom. The largest absolute Gasteiger partial charge is 0.397 e. The molecule has 0 fully saturated rings. The van der Waals surface area contributed by atoms with Gasteiger partial charge in [-0.1, -0.05) is 0 Å². The van der Waals surface area contributed by atoms with Crippen molar-refractivity contribution < 1.29 is 33.9 Å². The minimum absolute atomic E-state index is 0. The minimum atomic E-state index is 0. The number of hydrogen-bond acceptors (Lipinski definition) is 3. The SMILES string of the molecule is CCO.CCO.CCO.[V]. The van der Waals surface area contributed by atoms with Crippen molar-refractivity contribution in [1.29, 1.82) is 0 Å². The number of rotatable bonds is 0. The molecule has 1 radical (unpaired) electrons. The molecule has 0 aliphatic heterocycles. The van der Waals surface area contributed by atoms with Crippen LogP contribution in [0.3, 0.4) is 0 Å². The topological polar surface area (TPSA) is 60.7 Å². The number of aliphatic hydroxyl groups is 3. The molecule has 0 aromatic carbocycles. The Hall–Kier alpha value is 0.464. The van der Waals surface area contributed by atoms with E-state index < -0.39 is 0 Å². The van der Waals surface area contributed by atoms with Crippen LogP contribution in [0.1, 0.15) is 20.8 Å². The second-order valence-corrected chi connectivity index (χ2v) is 0.949. The van der Waals surface area contributed by atoms with Gasteiger partial charge in [-0.2, -0.15) is 0 Å². The van der Waals surface area contributed by atoms with E-state index in [1.807, 2.05) is 0 Å². The van der Waals surface area contributed by atoms with Crippen LogP contribution in [0.4, 0.5) is 0 Å². The first-order valence-electron chi connectivity index (χ1n) is 3.07. The molecule has 0 saturated heterocycles. The minimum Gasteiger partial charge on any atom is -0.397 e. The Bertz CT molecular complexity index is 17.7. The molecule has 3 nitrogen and oxygen atoms in total. The summed E-state index contributed by atoms with van der Waals surface area (Å²) in [4.78, 5) is 0. The fourth-order valence-corrected chi connectivity index (χ4v) is 0. The molecular weight excluding hydrogens is 171 g/mol. The van der Waals surface area contributed by atoms with E-state index in [9.17, 15) is 0 Å². The maximum absolute atomic E-state index is 7.57. The zero-order chi connectivity index (χ0) is 8.12. The van der Waals surface area contributed by atoms with Crippen molar-refractivity contribution >= 4 is 0 Å². The van der Waals surface area contributed by atoms with Gasteiger partial charge in [0, 0.05) is 38.4 Å². The summed E-state index contributed by atoms with van der Waals surface area (Å²) in [6.45, 7) is 5.79. The predicted molar refractivity (Wildman–Crippen MR) is 38.3 cm³/mol. The van der Waals surface area contributed by atoms with Crippen LogP contribution in [0.15, 0.2) is 0 Å². The van der Waals surface area contributed by atoms with Gasteiger partial charge in [-0.25, -0.2) is 0 Å². The summed E-state index contributed by atoms with van der Waals surface area (Å²) in [5.41, 5.74) is 0. The van der Waals surface area contributed by atoms with Gasteiger partial charge in [0.05, 0.1) is 0 Å². The van der Waals surface area contributed by atoms with Gasteiger partial charge < -0.3 is 15.3 Å². The van der Waals surface area contributed by atoms with Gasteiger partial charge in [-0.3, -0.25) is 0 Å². The number of aliphatic hydroxyl groups excluding tert-OH is 3. The van der Waals surface area contributed by atoms with Crippen LogP contribution in [0.2, 0.25) is 0 Å². The molecule has 65 valence electrons. The normalized spacial score (nSPS) is 5.40. The molecule has 0 heterocycles. The summed E-state index contributed by atoms with van der Waals surface area (Å²) < 4.78 is 0. The molecule has 0 unspecified atom stereocenters. The molecule has 0 rings (SSSR count). The molecule has 0 saturated carbocycles. The van der Waals surface area contributed by atoms with Crippen molar-refractivity contribution in [3.8, 4) is 0 Å². The van der Waals surface area contributed by atoms with Gasteiger partial charge in [0.25, 0.3) is 0 Å². The first kappa shape index (κ1) is 22.4. The van der Waals surface area contributed by atoms with Crippen LogP contribution >= 0.6 is 0 Å². The van der Waals surface area contributed by atoms with Gasteiger partial charge in [-0.05, 0) is 20.8 Å². The fraction of sp³-hybridized carbons (Fsp3) is 1.00. The summed E-state index contributed by atoms with van der Waals surface area (Å²) in [5, 5.41) is 22.7. The maximum atomic E-state index is 7.57. The van der Waals surface area contributed by atoms with E-state index in [0.717, 1.165) is 0 Å². The third-order valence-electron chi connectivity index (χ3n) is 0. The first-order valence-corrected chi connectivity index (χ1v) is 3.07. The molecule has 0 atom stereocenters. The summed E-state index contributed by atoms with van der Waals surface area (Å²) in [7, 11) is 0. The predicted octanol–water partition coefficient (Wildman–Crippen LogP) is -0.00670. The Kier molecular flexibility index (Phi) is 127. The molecule has 3 N–H and O–H groups in total. The molecule has 0 aromatic heterocycles. The zero-order valence-electron chi connectivity index (χ0n) is 6.91. The molecular formula is C6H18O3V. The van der Waals surface area contributed by atoms with Crippen LogP contribution in [0.5, 0.6) is 0 Å². The third kappa shape index (κ3) is 2190. The fourth-order valence-electron chi connectivity index (χ4n) is 0. The molecule has 0 aliphatic carbocycles. The van der Waals surface area contributed by atoms with Crippen LogP contribution in [0.25, 0.3) is 0 Å². The van der Waals surface area contributed by atoms with E-state index in [-0.39, 0.29) is 38.4 Å². The van der Waals surface area contributed by atoms with Gasteiger partial charge >= 0.3 is 0 Å². The van der Waals surface area contributed by atoms with E-state index >= 15 is 0 Å². The maximum Gasteiger partial charge on any atom is 0.0402 e. The standard InChI is InChI=1S/3C2H6O.V/c3*1-2-3;/h3*3H,2H2,1H3;. The van der Waals surface area contributed by atoms with Crippen molar-refractivity contribution in [3.05, 3.63) is 0 Å². The summed E-state index contributed by atoms with van der Waals surface area (Å²) in [6, 6.07) is 0. The smallest absolute Gasteiger partial charge is 0.0402 e. The second-order valence-electron chi connectivity index (χ2n) is 0.949. The second kappa shape index (κ2) is 56.5. The van der Waals surface area contributed by atoms with Crippen molar-refractivity contribution in [2.24, 2.45) is 0 Å². The van der Waals surface area contributed by atoms with Gasteiger partial charge in [0.1, 0.15) is 0 Å². The van der Waals surface area contributed by atoms with Crippen LogP contribution < -0.4 is 0 Å². The van der Waals surface area contributed by atoms with Crippen molar-refractivity contribution in [1.82, 2.24) is 0 Å². The number of hydrogen-bond donors (Lipinski definition) is 3. The van der Waals surface area contributed by atoms with E-state index in [4.69, 9.17) is 15.3 Å². The Morgan fingerprint density at radius 3 is 0.700 bits per heavy atom. The van der Waals surface area contributed by atoms with Crippen molar-refractivity contribution in [3.63, 3.8) is 0 Å². The van der Waals surface area contributed by atoms with Gasteiger partial charge in [0.15, 0.2) is 0 Å². The first-order chi connectivity index (χ1) is 4.24. The molecule has 0 aromatic rings. The monoisotopic (exact) mass is 189 g/mol. The van der Waals surface area contributed by atoms with E-state index in [2.05, 4.69) is 0 Å². The Labute approximate surface area is 75.0 Å². The summed E-state index contributed by atoms with van der Waals surface area (Å²) in [6.07, 6.45) is 0. The molecule has 0 aliphatic rings. The van der Waals surface area contributed by atoms with Gasteiger partial charge in [0.2, 0.25) is 0 Å². The van der Waals surface area contributed by atoms with E-state index in [0.29, 0.717) is 0 Å². The summed E-state index contributed by atoms with van der Waals surface area (Å²) >= 11 is 0. The van der Waals surface area contributed by atoms with Crippen molar-refractivity contribution in [2.45, 2.75) is 20.8 Å². The molecule has 0 spiro atoms. The molecule has 0 amide bonds. The molecule has 0 bridgehead atoms. The molecule has 10 heavy (non-hydrogen) atoms. The average molecular weight is 189 g/mol. The van der Waals surface area contributed by atoms with Crippen LogP contribution in [-0.4, -0.2) is 35.1 Å². The van der Waals surface area contributed by atoms with Crippen molar-refractivity contribution in [2.75, 3.05) is 19.8 Å². The van der Waals surface area contributed by atoms with E-state index in [1.54, 1.807) is 20.8 Å². The summed E-state index contributed by atoms with van der Waals surface area (Å²) in [5.74, 6) is 0. The van der Waals surface area contributed by atoms with Crippen LogP contribution in [-0.2, 0) is 18.6 Å². The Morgan fingerprint density at radius 2 is 0.700 bits per heavy atom. The molecule has 4 heteroatoms. The zero-order valence-corrected chi connectivity index (χ0v) is 8.31. The van der Waals surface area contributed by atoms with Gasteiger partial charge in [-0.15, -0.1) is 0 Å². The third-order valence-corrected chi connectivity index (χ3v) is 0. The van der Waals surface area contributed by atoms with E-state index in [1.165, 1.54) is 0 Å².